The highest BCUT2D eigenvalue weighted by Crippen LogP contribution is 2.39. The summed E-state index contributed by atoms with van der Waals surface area (Å²) in [5.74, 6) is 0.989. The van der Waals surface area contributed by atoms with Crippen LogP contribution in [0.5, 0.6) is 11.5 Å². The smallest absolute Gasteiger partial charge is 0.433 e. The summed E-state index contributed by atoms with van der Waals surface area (Å²) in [5.41, 5.74) is 1.09. The monoisotopic (exact) mass is 419 g/mol. The zero-order chi connectivity index (χ0) is 20.8. The summed E-state index contributed by atoms with van der Waals surface area (Å²) >= 11 is 1.33. The van der Waals surface area contributed by atoms with Crippen LogP contribution in [0.1, 0.15) is 11.4 Å². The second-order valence-corrected chi connectivity index (χ2v) is 7.21. The molecule has 150 valence electrons. The quantitative estimate of drug-likeness (QED) is 0.440. The number of aryl methyl sites for hydroxylation is 1. The average Bonchev–Trinajstić information content (AvgIpc) is 3.33. The number of ether oxygens (including phenoxy) is 2. The van der Waals surface area contributed by atoms with E-state index in [2.05, 4.69) is 10.1 Å². The van der Waals surface area contributed by atoms with Crippen molar-refractivity contribution in [3.05, 3.63) is 53.2 Å². The van der Waals surface area contributed by atoms with Gasteiger partial charge in [-0.05, 0) is 42.1 Å². The van der Waals surface area contributed by atoms with Crippen molar-refractivity contribution < 1.29 is 22.6 Å². The second-order valence-electron chi connectivity index (χ2n) is 6.27. The second kappa shape index (κ2) is 7.07. The molecule has 0 saturated carbocycles. The molecular weight excluding hydrogens is 403 g/mol. The lowest BCUT2D eigenvalue weighted by Gasteiger charge is -2.12. The van der Waals surface area contributed by atoms with Crippen molar-refractivity contribution in [2.45, 2.75) is 13.1 Å². The zero-order valence-electron chi connectivity index (χ0n) is 15.7. The Bertz CT molecular complexity index is 1180. The number of halogens is 3. The molecule has 0 amide bonds. The molecule has 0 aliphatic rings. The topological polar surface area (TPSA) is 48.7 Å². The molecule has 0 N–H and O–H groups in total. The first kappa shape index (κ1) is 19.3. The lowest BCUT2D eigenvalue weighted by molar-refractivity contribution is -0.142. The number of nitrogens with zero attached hydrogens (tertiary/aromatic N) is 3. The molecule has 0 atom stereocenters. The van der Waals surface area contributed by atoms with E-state index in [1.54, 1.807) is 42.6 Å². The van der Waals surface area contributed by atoms with Crippen molar-refractivity contribution in [3.63, 3.8) is 0 Å². The number of fused-ring (bicyclic) bond motifs is 1. The van der Waals surface area contributed by atoms with E-state index in [9.17, 15) is 13.2 Å². The predicted octanol–water partition coefficient (Wildman–Crippen LogP) is 5.47. The number of hydrogen-bond donors (Lipinski definition) is 0. The molecule has 0 saturated heterocycles. The van der Waals surface area contributed by atoms with Crippen molar-refractivity contribution >= 4 is 17.0 Å². The first-order valence-electron chi connectivity index (χ1n) is 8.57. The first-order chi connectivity index (χ1) is 13.8. The fraction of sp³-hybridized carbons (Fsp3) is 0.200. The Kier molecular flexibility index (Phi) is 4.70. The van der Waals surface area contributed by atoms with E-state index in [1.807, 2.05) is 0 Å². The van der Waals surface area contributed by atoms with Crippen LogP contribution < -0.4 is 9.47 Å². The number of rotatable bonds is 4. The van der Waals surface area contributed by atoms with Crippen LogP contribution in [0.25, 0.3) is 27.3 Å². The molecule has 4 aromatic rings. The normalized spacial score (nSPS) is 11.8. The van der Waals surface area contributed by atoms with Crippen molar-refractivity contribution in [1.82, 2.24) is 14.6 Å². The molecule has 0 aliphatic heterocycles. The van der Waals surface area contributed by atoms with Gasteiger partial charge in [-0.1, -0.05) is 12.1 Å². The molecule has 0 fully saturated rings. The third-order valence-electron chi connectivity index (χ3n) is 4.50. The summed E-state index contributed by atoms with van der Waals surface area (Å²) in [5, 5.41) is 5.94. The van der Waals surface area contributed by atoms with Crippen LogP contribution in [0.3, 0.4) is 0 Å². The molecule has 5 nitrogen and oxygen atoms in total. The summed E-state index contributed by atoms with van der Waals surface area (Å²) in [7, 11) is 3.02. The molecular formula is C20H16F3N3O2S. The van der Waals surface area contributed by atoms with Gasteiger partial charge in [-0.2, -0.15) is 18.3 Å². The minimum atomic E-state index is -4.58. The van der Waals surface area contributed by atoms with Crippen molar-refractivity contribution in [3.8, 4) is 33.2 Å². The van der Waals surface area contributed by atoms with E-state index in [0.29, 0.717) is 33.2 Å². The Morgan fingerprint density at radius 1 is 1.03 bits per heavy atom. The first-order valence-corrected chi connectivity index (χ1v) is 9.45. The molecule has 0 bridgehead atoms. The van der Waals surface area contributed by atoms with Crippen molar-refractivity contribution in [2.75, 3.05) is 14.2 Å². The average molecular weight is 419 g/mol. The van der Waals surface area contributed by atoms with Crippen LogP contribution in [0.4, 0.5) is 13.2 Å². The Hall–Kier alpha value is -3.07. The maximum Gasteiger partial charge on any atom is 0.433 e. The molecule has 0 aliphatic carbocycles. The van der Waals surface area contributed by atoms with Crippen LogP contribution in [0, 0.1) is 6.92 Å². The number of alkyl halides is 3. The molecule has 3 aromatic heterocycles. The number of thiophene rings is 1. The zero-order valence-corrected chi connectivity index (χ0v) is 16.6. The SMILES string of the molecule is COc1ccc(-c2c(C)nn3c(C(F)(F)F)cc(-c4cccs4)nc23)cc1OC. The third-order valence-corrected chi connectivity index (χ3v) is 5.39. The van der Waals surface area contributed by atoms with Gasteiger partial charge in [0, 0.05) is 5.56 Å². The maximum absolute atomic E-state index is 13.8. The van der Waals surface area contributed by atoms with Crippen molar-refractivity contribution in [2.24, 2.45) is 0 Å². The lowest BCUT2D eigenvalue weighted by atomic mass is 10.1. The number of benzene rings is 1. The summed E-state index contributed by atoms with van der Waals surface area (Å²) in [6, 6.07) is 9.70. The number of hydrogen-bond acceptors (Lipinski definition) is 5. The van der Waals surface area contributed by atoms with Crippen LogP contribution in [0.15, 0.2) is 41.8 Å². The highest BCUT2D eigenvalue weighted by Gasteiger charge is 2.36. The van der Waals surface area contributed by atoms with Crippen LogP contribution in [-0.2, 0) is 6.18 Å². The van der Waals surface area contributed by atoms with Gasteiger partial charge in [-0.15, -0.1) is 11.3 Å². The molecule has 0 spiro atoms. The molecule has 4 rings (SSSR count). The maximum atomic E-state index is 13.8. The van der Waals surface area contributed by atoms with E-state index in [0.717, 1.165) is 10.6 Å². The lowest BCUT2D eigenvalue weighted by Crippen LogP contribution is -2.13. The highest BCUT2D eigenvalue weighted by molar-refractivity contribution is 7.13. The fourth-order valence-corrected chi connectivity index (χ4v) is 3.89. The fourth-order valence-electron chi connectivity index (χ4n) is 3.21. The Morgan fingerprint density at radius 3 is 2.41 bits per heavy atom. The molecule has 0 unspecified atom stereocenters. The van der Waals surface area contributed by atoms with Crippen LogP contribution in [-0.4, -0.2) is 28.8 Å². The van der Waals surface area contributed by atoms with E-state index < -0.39 is 11.9 Å². The highest BCUT2D eigenvalue weighted by atomic mass is 32.1. The molecule has 0 radical (unpaired) electrons. The minimum Gasteiger partial charge on any atom is -0.493 e. The van der Waals surface area contributed by atoms with E-state index >= 15 is 0 Å². The Morgan fingerprint density at radius 2 is 1.79 bits per heavy atom. The van der Waals surface area contributed by atoms with Gasteiger partial charge in [0.1, 0.15) is 0 Å². The predicted molar refractivity (Wildman–Crippen MR) is 105 cm³/mol. The number of aromatic nitrogens is 3. The Labute approximate surface area is 168 Å². The molecule has 1 aromatic carbocycles. The summed E-state index contributed by atoms with van der Waals surface area (Å²) in [4.78, 5) is 5.17. The van der Waals surface area contributed by atoms with Gasteiger partial charge in [0.05, 0.1) is 30.5 Å². The molecule has 3 heterocycles. The van der Waals surface area contributed by atoms with E-state index in [-0.39, 0.29) is 11.3 Å². The van der Waals surface area contributed by atoms with Crippen LogP contribution >= 0.6 is 11.3 Å². The van der Waals surface area contributed by atoms with E-state index in [1.165, 1.54) is 25.6 Å². The summed E-state index contributed by atoms with van der Waals surface area (Å²) in [6.07, 6.45) is -4.58. The van der Waals surface area contributed by atoms with E-state index in [4.69, 9.17) is 9.47 Å². The Balaban J connectivity index is 2.03. The van der Waals surface area contributed by atoms with Gasteiger partial charge in [0.2, 0.25) is 0 Å². The van der Waals surface area contributed by atoms with Gasteiger partial charge in [0.15, 0.2) is 22.8 Å². The summed E-state index contributed by atoms with van der Waals surface area (Å²) in [6.45, 7) is 1.66. The van der Waals surface area contributed by atoms with Crippen molar-refractivity contribution in [1.29, 1.82) is 0 Å². The van der Waals surface area contributed by atoms with Gasteiger partial charge in [0.25, 0.3) is 0 Å². The third kappa shape index (κ3) is 3.31. The molecule has 9 heteroatoms. The molecule has 29 heavy (non-hydrogen) atoms. The van der Waals surface area contributed by atoms with Gasteiger partial charge >= 0.3 is 6.18 Å². The largest absolute Gasteiger partial charge is 0.493 e. The number of methoxy groups -OCH3 is 2. The van der Waals surface area contributed by atoms with Gasteiger partial charge in [-0.25, -0.2) is 9.50 Å². The summed E-state index contributed by atoms with van der Waals surface area (Å²) < 4.78 is 52.8. The van der Waals surface area contributed by atoms with Crippen LogP contribution in [0.2, 0.25) is 0 Å². The van der Waals surface area contributed by atoms with Gasteiger partial charge in [-0.3, -0.25) is 0 Å². The minimum absolute atomic E-state index is 0.132. The standard InChI is InChI=1S/C20H16F3N3O2S/c1-11-18(12-6-7-14(27-2)15(9-12)28-3)19-24-13(16-5-4-8-29-16)10-17(20(21,22)23)26(19)25-11/h4-10H,1-3H3. The van der Waals surface area contributed by atoms with Gasteiger partial charge < -0.3 is 9.47 Å².